The van der Waals surface area contributed by atoms with Crippen LogP contribution in [0.15, 0.2) is 0 Å². The van der Waals surface area contributed by atoms with Crippen molar-refractivity contribution in [3.05, 3.63) is 0 Å². The Morgan fingerprint density at radius 1 is 1.08 bits per heavy atom. The summed E-state index contributed by atoms with van der Waals surface area (Å²) in [5, 5.41) is 0. The minimum absolute atomic E-state index is 0.454. The Hall–Kier alpha value is -0.800. The Morgan fingerprint density at radius 2 is 1.69 bits per heavy atom. The van der Waals surface area contributed by atoms with Crippen LogP contribution >= 0.6 is 0 Å². The zero-order chi connectivity index (χ0) is 9.10. The van der Waals surface area contributed by atoms with Gasteiger partial charge in [-0.15, -0.1) is 0 Å². The molecular weight excluding hydrogens is 171 g/mol. The fourth-order valence-electron chi connectivity index (χ4n) is 2.11. The zero-order valence-corrected chi connectivity index (χ0v) is 7.84. The van der Waals surface area contributed by atoms with Gasteiger partial charge >= 0.3 is 6.02 Å². The van der Waals surface area contributed by atoms with Crippen molar-refractivity contribution in [2.24, 2.45) is 0 Å². The van der Waals surface area contributed by atoms with E-state index in [0.717, 1.165) is 51.9 Å². The molecule has 0 aromatic heterocycles. The quantitative estimate of drug-likeness (QED) is 0.417. The van der Waals surface area contributed by atoms with E-state index in [4.69, 9.17) is 0 Å². The van der Waals surface area contributed by atoms with Crippen LogP contribution in [0.5, 0.6) is 0 Å². The molecule has 0 spiro atoms. The van der Waals surface area contributed by atoms with Crippen molar-refractivity contribution in [2.45, 2.75) is 25.7 Å². The topological polar surface area (TPSA) is 15.5 Å². The first-order valence-corrected chi connectivity index (χ1v) is 5.07. The molecular formula is C9H16FN2O+. The predicted molar refractivity (Wildman–Crippen MR) is 47.2 cm³/mol. The molecule has 0 saturated carbocycles. The highest BCUT2D eigenvalue weighted by atomic mass is 19.3. The third kappa shape index (κ3) is 1.76. The lowest BCUT2D eigenvalue weighted by atomic mass is 10.4. The van der Waals surface area contributed by atoms with Crippen molar-refractivity contribution >= 4 is 6.02 Å². The van der Waals surface area contributed by atoms with Crippen LogP contribution in [0.2, 0.25) is 0 Å². The second-order valence-corrected chi connectivity index (χ2v) is 3.75. The largest absolute Gasteiger partial charge is 0.483 e. The van der Waals surface area contributed by atoms with Gasteiger partial charge in [-0.25, -0.2) is 14.4 Å². The minimum Gasteiger partial charge on any atom is -0.226 e. The maximum absolute atomic E-state index is 12.3. The molecule has 0 aliphatic carbocycles. The van der Waals surface area contributed by atoms with Gasteiger partial charge in [-0.3, -0.25) is 0 Å². The first-order valence-electron chi connectivity index (χ1n) is 5.07. The molecule has 13 heavy (non-hydrogen) atoms. The molecule has 2 heterocycles. The van der Waals surface area contributed by atoms with E-state index >= 15 is 0 Å². The van der Waals surface area contributed by atoms with E-state index in [1.807, 2.05) is 9.48 Å². The van der Waals surface area contributed by atoms with Crippen LogP contribution in [0.4, 0.5) is 4.53 Å². The summed E-state index contributed by atoms with van der Waals surface area (Å²) in [7, 11) is 0. The third-order valence-corrected chi connectivity index (χ3v) is 2.82. The van der Waals surface area contributed by atoms with Crippen LogP contribution in [0.1, 0.15) is 25.7 Å². The highest BCUT2D eigenvalue weighted by molar-refractivity contribution is 5.68. The molecule has 2 aliphatic rings. The third-order valence-electron chi connectivity index (χ3n) is 2.82. The van der Waals surface area contributed by atoms with Gasteiger partial charge < -0.3 is 0 Å². The summed E-state index contributed by atoms with van der Waals surface area (Å²) in [5.41, 5.74) is 0. The molecule has 0 radical (unpaired) electrons. The van der Waals surface area contributed by atoms with Crippen LogP contribution in [-0.2, 0) is 4.94 Å². The van der Waals surface area contributed by atoms with E-state index in [9.17, 15) is 4.53 Å². The number of hydrogen-bond acceptors (Lipinski definition) is 1. The number of likely N-dealkylation sites (tertiary alicyclic amines) is 1. The van der Waals surface area contributed by atoms with Crippen molar-refractivity contribution in [1.29, 1.82) is 0 Å². The lowest BCUT2D eigenvalue weighted by molar-refractivity contribution is -0.526. The van der Waals surface area contributed by atoms with Gasteiger partial charge in [0.15, 0.2) is 0 Å². The molecule has 0 unspecified atom stereocenters. The highest BCUT2D eigenvalue weighted by Crippen LogP contribution is 2.11. The molecule has 2 aliphatic heterocycles. The van der Waals surface area contributed by atoms with Gasteiger partial charge in [-0.2, -0.15) is 0 Å². The fourth-order valence-corrected chi connectivity index (χ4v) is 2.11. The summed E-state index contributed by atoms with van der Waals surface area (Å²) >= 11 is 0. The van der Waals surface area contributed by atoms with E-state index in [1.54, 1.807) is 0 Å². The molecule has 4 heteroatoms. The number of amidine groups is 1. The average Bonchev–Trinajstić information content (AvgIpc) is 2.76. The summed E-state index contributed by atoms with van der Waals surface area (Å²) in [4.78, 5) is 5.99. The van der Waals surface area contributed by atoms with Crippen molar-refractivity contribution in [3.63, 3.8) is 0 Å². The molecule has 0 aromatic rings. The SMILES string of the molecule is FOC(N1CCCC1)=[N+]1CCCC1. The van der Waals surface area contributed by atoms with Crippen molar-refractivity contribution < 1.29 is 14.0 Å². The fraction of sp³-hybridized carbons (Fsp3) is 0.889. The van der Waals surface area contributed by atoms with Gasteiger partial charge in [0, 0.05) is 4.53 Å². The lowest BCUT2D eigenvalue weighted by Gasteiger charge is -2.10. The molecule has 2 fully saturated rings. The van der Waals surface area contributed by atoms with Gasteiger partial charge in [-0.05, 0) is 25.7 Å². The molecule has 3 nitrogen and oxygen atoms in total. The molecule has 0 atom stereocenters. The van der Waals surface area contributed by atoms with Gasteiger partial charge in [0.2, 0.25) is 0 Å². The Bertz CT molecular complexity index is 204. The summed E-state index contributed by atoms with van der Waals surface area (Å²) in [6, 6.07) is 0.454. The van der Waals surface area contributed by atoms with Crippen LogP contribution < -0.4 is 0 Å². The Morgan fingerprint density at radius 3 is 2.23 bits per heavy atom. The van der Waals surface area contributed by atoms with Crippen LogP contribution in [-0.4, -0.2) is 41.7 Å². The number of nitrogens with zero attached hydrogens (tertiary/aromatic N) is 2. The van der Waals surface area contributed by atoms with E-state index in [1.165, 1.54) is 0 Å². The van der Waals surface area contributed by atoms with Crippen molar-refractivity contribution in [1.82, 2.24) is 4.90 Å². The molecule has 0 bridgehead atoms. The van der Waals surface area contributed by atoms with Crippen LogP contribution in [0, 0.1) is 0 Å². The van der Waals surface area contributed by atoms with Gasteiger partial charge in [-0.1, -0.05) is 0 Å². The average molecular weight is 187 g/mol. The van der Waals surface area contributed by atoms with E-state index < -0.39 is 0 Å². The van der Waals surface area contributed by atoms with Crippen LogP contribution in [0.25, 0.3) is 0 Å². The number of halogens is 1. The van der Waals surface area contributed by atoms with Gasteiger partial charge in [0.25, 0.3) is 0 Å². The molecule has 0 aromatic carbocycles. The monoisotopic (exact) mass is 187 g/mol. The maximum Gasteiger partial charge on any atom is 0.483 e. The second kappa shape index (κ2) is 3.94. The summed E-state index contributed by atoms with van der Waals surface area (Å²) < 4.78 is 14.3. The Balaban J connectivity index is 2.09. The molecule has 74 valence electrons. The normalized spacial score (nSPS) is 22.5. The predicted octanol–water partition coefficient (Wildman–Crippen LogP) is 1.15. The van der Waals surface area contributed by atoms with E-state index in [-0.39, 0.29) is 0 Å². The Kier molecular flexibility index (Phi) is 2.66. The maximum atomic E-state index is 12.3. The van der Waals surface area contributed by atoms with E-state index in [2.05, 4.69) is 4.94 Å². The second-order valence-electron chi connectivity index (χ2n) is 3.75. The number of hydrogen-bond donors (Lipinski definition) is 0. The molecule has 0 amide bonds. The van der Waals surface area contributed by atoms with Gasteiger partial charge in [0.1, 0.15) is 0 Å². The van der Waals surface area contributed by atoms with Crippen LogP contribution in [0.3, 0.4) is 0 Å². The van der Waals surface area contributed by atoms with Gasteiger partial charge in [0.05, 0.1) is 26.2 Å². The van der Waals surface area contributed by atoms with E-state index in [0.29, 0.717) is 6.02 Å². The summed E-state index contributed by atoms with van der Waals surface area (Å²) in [6.45, 7) is 3.76. The first kappa shape index (κ1) is 8.78. The minimum atomic E-state index is 0.454. The zero-order valence-electron chi connectivity index (χ0n) is 7.84. The Labute approximate surface area is 77.7 Å². The number of rotatable bonds is 0. The summed E-state index contributed by atoms with van der Waals surface area (Å²) in [6.07, 6.45) is 4.61. The summed E-state index contributed by atoms with van der Waals surface area (Å²) in [5.74, 6) is 0. The highest BCUT2D eigenvalue weighted by Gasteiger charge is 2.30. The van der Waals surface area contributed by atoms with Crippen molar-refractivity contribution in [3.8, 4) is 0 Å². The smallest absolute Gasteiger partial charge is 0.226 e. The molecule has 0 N–H and O–H groups in total. The molecule has 2 saturated heterocycles. The molecule has 2 rings (SSSR count). The lowest BCUT2D eigenvalue weighted by Crippen LogP contribution is -2.36. The standard InChI is InChI=1S/C9H16FN2O/c10-13-9(11-5-1-2-6-11)12-7-3-4-8-12/h1-8H2/q+1. The first-order chi connectivity index (χ1) is 6.42. The van der Waals surface area contributed by atoms with Crippen molar-refractivity contribution in [2.75, 3.05) is 26.2 Å².